The summed E-state index contributed by atoms with van der Waals surface area (Å²) in [5.41, 5.74) is 2.02. The van der Waals surface area contributed by atoms with Crippen LogP contribution in [0.3, 0.4) is 0 Å². The molecule has 1 atom stereocenters. The molecule has 0 saturated carbocycles. The quantitative estimate of drug-likeness (QED) is 0.525. The van der Waals surface area contributed by atoms with Gasteiger partial charge in [-0.2, -0.15) is 0 Å². The van der Waals surface area contributed by atoms with Crippen LogP contribution in [0, 0.1) is 5.82 Å². The van der Waals surface area contributed by atoms with Crippen LogP contribution in [0.15, 0.2) is 59.1 Å². The molecule has 162 valence electrons. The third-order valence-electron chi connectivity index (χ3n) is 5.47. The van der Waals surface area contributed by atoms with E-state index >= 15 is 0 Å². The Hall–Kier alpha value is -2.70. The summed E-state index contributed by atoms with van der Waals surface area (Å²) in [5, 5.41) is 0.689. The number of likely N-dealkylation sites (tertiary alicyclic amines) is 1. The molecule has 1 saturated heterocycles. The Kier molecular flexibility index (Phi) is 6.68. The summed E-state index contributed by atoms with van der Waals surface area (Å²) in [4.78, 5) is 21.2. The number of likely N-dealkylation sites (N-methyl/N-ethyl adjacent to an activating group) is 1. The van der Waals surface area contributed by atoms with Crippen LogP contribution in [0.4, 0.5) is 4.39 Å². The zero-order valence-electron chi connectivity index (χ0n) is 17.4. The van der Waals surface area contributed by atoms with Crippen molar-refractivity contribution in [3.05, 3.63) is 88.3 Å². The zero-order valence-corrected chi connectivity index (χ0v) is 18.2. The molecule has 0 bridgehead atoms. The number of hydrogen-bond donors (Lipinski definition) is 0. The van der Waals surface area contributed by atoms with Crippen molar-refractivity contribution in [3.8, 4) is 0 Å². The fourth-order valence-electron chi connectivity index (χ4n) is 4.01. The topological polar surface area (TPSA) is 49.6 Å². The molecule has 0 N–H and O–H groups in total. The first kappa shape index (κ1) is 21.5. The van der Waals surface area contributed by atoms with Crippen LogP contribution in [-0.2, 0) is 17.8 Å². The number of aromatic nitrogens is 1. The maximum atomic E-state index is 13.1. The third-order valence-corrected chi connectivity index (χ3v) is 5.70. The molecule has 1 aliphatic heterocycles. The number of oxazole rings is 1. The highest BCUT2D eigenvalue weighted by atomic mass is 35.5. The molecule has 1 aromatic heterocycles. The van der Waals surface area contributed by atoms with Crippen LogP contribution in [0.2, 0.25) is 5.02 Å². The first-order chi connectivity index (χ1) is 15.0. The summed E-state index contributed by atoms with van der Waals surface area (Å²) in [6.07, 6.45) is 4.10. The van der Waals surface area contributed by atoms with E-state index in [0.717, 1.165) is 29.7 Å². The van der Waals surface area contributed by atoms with E-state index in [1.807, 2.05) is 41.1 Å². The molecule has 4 rings (SSSR count). The summed E-state index contributed by atoms with van der Waals surface area (Å²) in [6, 6.07) is 13.9. The number of nitrogens with zero attached hydrogens (tertiary/aromatic N) is 3. The highest BCUT2D eigenvalue weighted by Crippen LogP contribution is 2.32. The molecule has 2 heterocycles. The number of amides is 1. The van der Waals surface area contributed by atoms with Crippen molar-refractivity contribution in [2.45, 2.75) is 31.8 Å². The Morgan fingerprint density at radius 3 is 2.84 bits per heavy atom. The van der Waals surface area contributed by atoms with Gasteiger partial charge in [-0.25, -0.2) is 9.37 Å². The van der Waals surface area contributed by atoms with Crippen molar-refractivity contribution in [1.82, 2.24) is 14.8 Å². The monoisotopic (exact) mass is 441 g/mol. The van der Waals surface area contributed by atoms with Crippen molar-refractivity contribution in [2.75, 3.05) is 20.1 Å². The Bertz CT molecular complexity index is 1040. The third kappa shape index (κ3) is 5.51. The lowest BCUT2D eigenvalue weighted by molar-refractivity contribution is -0.133. The van der Waals surface area contributed by atoms with Gasteiger partial charge in [-0.3, -0.25) is 9.69 Å². The van der Waals surface area contributed by atoms with Crippen molar-refractivity contribution in [1.29, 1.82) is 0 Å². The fraction of sp³-hybridized carbons (Fsp3) is 0.333. The molecule has 7 heteroatoms. The van der Waals surface area contributed by atoms with E-state index in [1.165, 1.54) is 12.1 Å². The maximum absolute atomic E-state index is 13.1. The van der Waals surface area contributed by atoms with Crippen LogP contribution in [0.5, 0.6) is 0 Å². The summed E-state index contributed by atoms with van der Waals surface area (Å²) in [5.74, 6) is 1.12. The second kappa shape index (κ2) is 9.62. The van der Waals surface area contributed by atoms with Crippen molar-refractivity contribution < 1.29 is 13.6 Å². The molecule has 0 spiro atoms. The van der Waals surface area contributed by atoms with Gasteiger partial charge in [0.1, 0.15) is 17.6 Å². The van der Waals surface area contributed by atoms with E-state index in [9.17, 15) is 9.18 Å². The lowest BCUT2D eigenvalue weighted by atomic mass is 10.1. The van der Waals surface area contributed by atoms with Crippen LogP contribution in [0.25, 0.3) is 0 Å². The summed E-state index contributed by atoms with van der Waals surface area (Å²) < 4.78 is 19.1. The van der Waals surface area contributed by atoms with Gasteiger partial charge in [-0.15, -0.1) is 0 Å². The largest absolute Gasteiger partial charge is 0.443 e. The highest BCUT2D eigenvalue weighted by molar-refractivity contribution is 6.30. The molecule has 1 aliphatic rings. The normalized spacial score (nSPS) is 16.3. The van der Waals surface area contributed by atoms with Crippen LogP contribution in [0.1, 0.15) is 41.7 Å². The molecule has 1 fully saturated rings. The van der Waals surface area contributed by atoms with Gasteiger partial charge in [-0.05, 0) is 55.3 Å². The predicted molar refractivity (Wildman–Crippen MR) is 117 cm³/mol. The first-order valence-corrected chi connectivity index (χ1v) is 10.8. The standard InChI is InChI=1S/C24H25ClFN3O2/c1-28(15-17-7-9-20(26)10-8-17)16-23(30)29-11-3-6-22(29)24-27-14-21(31-24)13-18-4-2-5-19(25)12-18/h2,4-5,7-10,12,14,22H,3,6,11,13,15-16H2,1H3/t22-/m1/s1. The van der Waals surface area contributed by atoms with E-state index < -0.39 is 0 Å². The van der Waals surface area contributed by atoms with E-state index in [-0.39, 0.29) is 24.3 Å². The molecular weight excluding hydrogens is 417 g/mol. The Morgan fingerprint density at radius 1 is 1.26 bits per heavy atom. The SMILES string of the molecule is CN(CC(=O)N1CCC[C@@H]1c1ncc(Cc2cccc(Cl)c2)o1)Cc1ccc(F)cc1. The van der Waals surface area contributed by atoms with Gasteiger partial charge in [0.15, 0.2) is 0 Å². The lowest BCUT2D eigenvalue weighted by Crippen LogP contribution is -2.38. The molecule has 0 unspecified atom stereocenters. The highest BCUT2D eigenvalue weighted by Gasteiger charge is 2.33. The molecule has 1 amide bonds. The number of hydrogen-bond acceptors (Lipinski definition) is 4. The van der Waals surface area contributed by atoms with Crippen LogP contribution < -0.4 is 0 Å². The second-order valence-corrected chi connectivity index (χ2v) is 8.45. The van der Waals surface area contributed by atoms with E-state index in [2.05, 4.69) is 4.98 Å². The van der Waals surface area contributed by atoms with Gasteiger partial charge in [0.05, 0.1) is 12.7 Å². The van der Waals surface area contributed by atoms with Gasteiger partial charge < -0.3 is 9.32 Å². The number of benzene rings is 2. The van der Waals surface area contributed by atoms with Crippen LogP contribution in [-0.4, -0.2) is 40.8 Å². The average molecular weight is 442 g/mol. The predicted octanol–water partition coefficient (Wildman–Crippen LogP) is 4.85. The van der Waals surface area contributed by atoms with Gasteiger partial charge in [0.2, 0.25) is 11.8 Å². The molecule has 3 aromatic rings. The number of carbonyl (C=O) groups excluding carboxylic acids is 1. The molecule has 5 nitrogen and oxygen atoms in total. The van der Waals surface area contributed by atoms with Crippen molar-refractivity contribution in [2.24, 2.45) is 0 Å². The Morgan fingerprint density at radius 2 is 2.06 bits per heavy atom. The smallest absolute Gasteiger partial charge is 0.237 e. The van der Waals surface area contributed by atoms with Crippen molar-refractivity contribution >= 4 is 17.5 Å². The van der Waals surface area contributed by atoms with Crippen LogP contribution >= 0.6 is 11.6 Å². The molecule has 0 radical (unpaired) electrons. The minimum atomic E-state index is -0.261. The summed E-state index contributed by atoms with van der Waals surface area (Å²) >= 11 is 6.06. The van der Waals surface area contributed by atoms with Crippen molar-refractivity contribution in [3.63, 3.8) is 0 Å². The van der Waals surface area contributed by atoms with E-state index in [1.54, 1.807) is 18.3 Å². The minimum absolute atomic E-state index is 0.0432. The summed E-state index contributed by atoms with van der Waals surface area (Å²) in [6.45, 7) is 1.55. The molecule has 2 aromatic carbocycles. The number of halogens is 2. The number of carbonyl (C=O) groups is 1. The molecule has 0 aliphatic carbocycles. The average Bonchev–Trinajstić information content (AvgIpc) is 3.39. The summed E-state index contributed by atoms with van der Waals surface area (Å²) in [7, 11) is 1.89. The Labute approximate surface area is 186 Å². The molecule has 31 heavy (non-hydrogen) atoms. The second-order valence-electron chi connectivity index (χ2n) is 8.02. The van der Waals surface area contributed by atoms with E-state index in [0.29, 0.717) is 30.4 Å². The number of rotatable bonds is 7. The van der Waals surface area contributed by atoms with E-state index in [4.69, 9.17) is 16.0 Å². The fourth-order valence-corrected chi connectivity index (χ4v) is 4.22. The lowest BCUT2D eigenvalue weighted by Gasteiger charge is -2.25. The minimum Gasteiger partial charge on any atom is -0.443 e. The first-order valence-electron chi connectivity index (χ1n) is 10.4. The Balaban J connectivity index is 1.37. The van der Waals surface area contributed by atoms with Gasteiger partial charge >= 0.3 is 0 Å². The van der Waals surface area contributed by atoms with Gasteiger partial charge in [0, 0.05) is 24.5 Å². The molecular formula is C24H25ClFN3O2. The maximum Gasteiger partial charge on any atom is 0.237 e. The zero-order chi connectivity index (χ0) is 21.8. The van der Waals surface area contributed by atoms with Gasteiger partial charge in [0.25, 0.3) is 0 Å². The van der Waals surface area contributed by atoms with Gasteiger partial charge in [-0.1, -0.05) is 35.9 Å².